The lowest BCUT2D eigenvalue weighted by Crippen LogP contribution is -1.97. The summed E-state index contributed by atoms with van der Waals surface area (Å²) in [7, 11) is 0. The summed E-state index contributed by atoms with van der Waals surface area (Å²) in [5.74, 6) is 0.0550. The molecular formula is C16H11ClO. The van der Waals surface area contributed by atoms with Gasteiger partial charge < -0.3 is 0 Å². The number of rotatable bonds is 1. The third-order valence-electron chi connectivity index (χ3n) is 3.20. The third-order valence-corrected chi connectivity index (χ3v) is 3.64. The van der Waals surface area contributed by atoms with Crippen molar-refractivity contribution in [2.24, 2.45) is 0 Å². The molecule has 0 aliphatic heterocycles. The molecule has 0 N–H and O–H groups in total. The first-order valence-corrected chi connectivity index (χ1v) is 6.22. The molecule has 0 saturated carbocycles. The molecule has 18 heavy (non-hydrogen) atoms. The van der Waals surface area contributed by atoms with Crippen LogP contribution in [0.5, 0.6) is 0 Å². The number of benzene rings is 2. The number of hydrogen-bond donors (Lipinski definition) is 0. The van der Waals surface area contributed by atoms with Crippen molar-refractivity contribution in [2.45, 2.75) is 6.42 Å². The first-order chi connectivity index (χ1) is 8.77. The van der Waals surface area contributed by atoms with Crippen molar-refractivity contribution in [1.82, 2.24) is 0 Å². The highest BCUT2D eigenvalue weighted by atomic mass is 35.5. The van der Waals surface area contributed by atoms with Gasteiger partial charge >= 0.3 is 0 Å². The first kappa shape index (κ1) is 11.2. The highest BCUT2D eigenvalue weighted by molar-refractivity contribution is 6.52. The lowest BCUT2D eigenvalue weighted by molar-refractivity contribution is 0.104. The second-order valence-electron chi connectivity index (χ2n) is 4.32. The smallest absolute Gasteiger partial charge is 0.191 e. The zero-order valence-corrected chi connectivity index (χ0v) is 10.4. The number of carbonyl (C=O) groups is 1. The van der Waals surface area contributed by atoms with Gasteiger partial charge in [-0.3, -0.25) is 4.79 Å². The van der Waals surface area contributed by atoms with Crippen LogP contribution in [0.25, 0.3) is 5.03 Å². The van der Waals surface area contributed by atoms with E-state index in [9.17, 15) is 4.79 Å². The van der Waals surface area contributed by atoms with Crippen LogP contribution in [-0.2, 0) is 6.42 Å². The molecule has 0 bridgehead atoms. The van der Waals surface area contributed by atoms with Crippen LogP contribution in [-0.4, -0.2) is 5.78 Å². The van der Waals surface area contributed by atoms with Gasteiger partial charge in [0.25, 0.3) is 0 Å². The van der Waals surface area contributed by atoms with Crippen LogP contribution in [0.15, 0.2) is 60.2 Å². The first-order valence-electron chi connectivity index (χ1n) is 5.84. The summed E-state index contributed by atoms with van der Waals surface area (Å²) in [6.07, 6.45) is 0.628. The fourth-order valence-corrected chi connectivity index (χ4v) is 2.54. The maximum Gasteiger partial charge on any atom is 0.191 e. The Morgan fingerprint density at radius 2 is 1.61 bits per heavy atom. The molecule has 1 aliphatic rings. The zero-order chi connectivity index (χ0) is 12.5. The average molecular weight is 255 g/mol. The molecule has 2 aromatic rings. The van der Waals surface area contributed by atoms with Crippen molar-refractivity contribution in [3.8, 4) is 0 Å². The van der Waals surface area contributed by atoms with E-state index in [0.29, 0.717) is 17.0 Å². The maximum absolute atomic E-state index is 12.3. The Bertz CT molecular complexity index is 641. The molecule has 0 aromatic heterocycles. The minimum Gasteiger partial charge on any atom is -0.289 e. The summed E-state index contributed by atoms with van der Waals surface area (Å²) in [6.45, 7) is 0. The second kappa shape index (κ2) is 4.43. The van der Waals surface area contributed by atoms with Gasteiger partial charge in [-0.05, 0) is 11.1 Å². The standard InChI is InChI=1S/C16H11ClO/c17-15(11-6-2-1-3-7-11)14-10-12-8-4-5-9-13(12)16(14)18/h1-9H,10H2/b15-14-. The summed E-state index contributed by atoms with van der Waals surface area (Å²) in [6, 6.07) is 17.3. The van der Waals surface area contributed by atoms with E-state index in [0.717, 1.165) is 16.7 Å². The van der Waals surface area contributed by atoms with Crippen LogP contribution in [0.2, 0.25) is 0 Å². The fourth-order valence-electron chi connectivity index (χ4n) is 2.27. The third kappa shape index (κ3) is 1.77. The molecule has 2 heteroatoms. The number of halogens is 1. The van der Waals surface area contributed by atoms with E-state index >= 15 is 0 Å². The molecular weight excluding hydrogens is 244 g/mol. The quantitative estimate of drug-likeness (QED) is 0.701. The SMILES string of the molecule is O=C1/C(=C(\Cl)c2ccccc2)Cc2ccccc21. The van der Waals surface area contributed by atoms with Crippen molar-refractivity contribution in [2.75, 3.05) is 0 Å². The molecule has 0 saturated heterocycles. The number of allylic oxidation sites excluding steroid dienone is 1. The van der Waals surface area contributed by atoms with E-state index < -0.39 is 0 Å². The monoisotopic (exact) mass is 254 g/mol. The predicted octanol–water partition coefficient (Wildman–Crippen LogP) is 4.08. The Morgan fingerprint density at radius 3 is 2.33 bits per heavy atom. The number of carbonyl (C=O) groups excluding carboxylic acids is 1. The Kier molecular flexibility index (Phi) is 2.77. The fraction of sp³-hybridized carbons (Fsp3) is 0.0625. The van der Waals surface area contributed by atoms with Crippen LogP contribution >= 0.6 is 11.6 Å². The average Bonchev–Trinajstić information content (AvgIpc) is 2.77. The Labute approximate surface area is 111 Å². The number of hydrogen-bond acceptors (Lipinski definition) is 1. The molecule has 0 unspecified atom stereocenters. The largest absolute Gasteiger partial charge is 0.289 e. The Hall–Kier alpha value is -1.86. The molecule has 3 rings (SSSR count). The minimum atomic E-state index is 0.0550. The van der Waals surface area contributed by atoms with E-state index in [1.807, 2.05) is 54.6 Å². The van der Waals surface area contributed by atoms with E-state index in [1.54, 1.807) is 0 Å². The van der Waals surface area contributed by atoms with Crippen molar-refractivity contribution in [3.05, 3.63) is 76.9 Å². The van der Waals surface area contributed by atoms with Crippen LogP contribution in [0.3, 0.4) is 0 Å². The lowest BCUT2D eigenvalue weighted by atomic mass is 10.1. The van der Waals surface area contributed by atoms with Gasteiger partial charge in [0.05, 0.1) is 5.03 Å². The van der Waals surface area contributed by atoms with E-state index in [1.165, 1.54) is 0 Å². The molecule has 88 valence electrons. The van der Waals surface area contributed by atoms with Crippen LogP contribution in [0.4, 0.5) is 0 Å². The molecule has 0 heterocycles. The van der Waals surface area contributed by atoms with Gasteiger partial charge in [-0.2, -0.15) is 0 Å². The topological polar surface area (TPSA) is 17.1 Å². The molecule has 1 aliphatic carbocycles. The van der Waals surface area contributed by atoms with Gasteiger partial charge in [-0.15, -0.1) is 0 Å². The van der Waals surface area contributed by atoms with Crippen LogP contribution < -0.4 is 0 Å². The zero-order valence-electron chi connectivity index (χ0n) is 9.69. The van der Waals surface area contributed by atoms with Crippen molar-refractivity contribution in [3.63, 3.8) is 0 Å². The van der Waals surface area contributed by atoms with Gasteiger partial charge in [0, 0.05) is 17.6 Å². The van der Waals surface area contributed by atoms with E-state index in [-0.39, 0.29) is 5.78 Å². The van der Waals surface area contributed by atoms with Crippen molar-refractivity contribution in [1.29, 1.82) is 0 Å². The van der Waals surface area contributed by atoms with Gasteiger partial charge in [0.1, 0.15) is 0 Å². The van der Waals surface area contributed by atoms with Crippen molar-refractivity contribution < 1.29 is 4.79 Å². The summed E-state index contributed by atoms with van der Waals surface area (Å²) in [5.41, 5.74) is 3.44. The summed E-state index contributed by atoms with van der Waals surface area (Å²) in [4.78, 5) is 12.3. The molecule has 0 amide bonds. The highest BCUT2D eigenvalue weighted by Gasteiger charge is 2.26. The molecule has 2 aromatic carbocycles. The summed E-state index contributed by atoms with van der Waals surface area (Å²) >= 11 is 6.36. The van der Waals surface area contributed by atoms with Gasteiger partial charge in [0.2, 0.25) is 0 Å². The lowest BCUT2D eigenvalue weighted by Gasteiger charge is -2.02. The van der Waals surface area contributed by atoms with Gasteiger partial charge in [-0.25, -0.2) is 0 Å². The summed E-state index contributed by atoms with van der Waals surface area (Å²) in [5, 5.41) is 0.566. The minimum absolute atomic E-state index is 0.0550. The Morgan fingerprint density at radius 1 is 0.944 bits per heavy atom. The molecule has 1 nitrogen and oxygen atoms in total. The van der Waals surface area contributed by atoms with Gasteiger partial charge in [0.15, 0.2) is 5.78 Å². The predicted molar refractivity (Wildman–Crippen MR) is 73.7 cm³/mol. The normalized spacial score (nSPS) is 16.6. The van der Waals surface area contributed by atoms with E-state index in [2.05, 4.69) is 0 Å². The van der Waals surface area contributed by atoms with E-state index in [4.69, 9.17) is 11.6 Å². The molecule has 0 fully saturated rings. The molecule has 0 spiro atoms. The number of ketones is 1. The number of fused-ring (bicyclic) bond motifs is 1. The molecule has 0 atom stereocenters. The summed E-state index contributed by atoms with van der Waals surface area (Å²) < 4.78 is 0. The second-order valence-corrected chi connectivity index (χ2v) is 4.70. The van der Waals surface area contributed by atoms with Gasteiger partial charge in [-0.1, -0.05) is 66.2 Å². The maximum atomic E-state index is 12.3. The van der Waals surface area contributed by atoms with Crippen LogP contribution in [0.1, 0.15) is 21.5 Å². The highest BCUT2D eigenvalue weighted by Crippen LogP contribution is 2.33. The van der Waals surface area contributed by atoms with Crippen molar-refractivity contribution >= 4 is 22.4 Å². The van der Waals surface area contributed by atoms with Crippen LogP contribution in [0, 0.1) is 0 Å². The molecule has 0 radical (unpaired) electrons. The Balaban J connectivity index is 2.09. The number of Topliss-reactive ketones (excluding diaryl/α,β-unsaturated/α-hetero) is 1.